The number of aromatic amines is 1. The highest BCUT2D eigenvalue weighted by Gasteiger charge is 2.33. The van der Waals surface area contributed by atoms with Gasteiger partial charge in [0.1, 0.15) is 0 Å². The van der Waals surface area contributed by atoms with Gasteiger partial charge in [0.05, 0.1) is 40.2 Å². The van der Waals surface area contributed by atoms with E-state index in [0.717, 1.165) is 17.1 Å². The molecule has 2 aliphatic heterocycles. The summed E-state index contributed by atoms with van der Waals surface area (Å²) in [6, 6.07) is 2.80. The SMILES string of the molecule is Cc1nn(C2CCS(=O)(=O)C2)c(C)c1N1CCN(C(=O)c2ccc(=O)[nH]c2)CC1. The standard InChI is InChI=1S/C19H25N5O4S/c1-13-18(14(2)24(21-13)16-5-10-29(27,28)12-16)22-6-8-23(9-7-22)19(26)15-3-4-17(25)20-11-15/h3-4,11,16H,5-10,12H2,1-2H3,(H,20,25). The summed E-state index contributed by atoms with van der Waals surface area (Å²) < 4.78 is 25.6. The first-order valence-corrected chi connectivity index (χ1v) is 11.6. The van der Waals surface area contributed by atoms with E-state index in [0.29, 0.717) is 38.2 Å². The molecule has 0 aliphatic carbocycles. The average Bonchev–Trinajstić information content (AvgIpc) is 3.20. The Morgan fingerprint density at radius 3 is 2.48 bits per heavy atom. The molecule has 1 N–H and O–H groups in total. The summed E-state index contributed by atoms with van der Waals surface area (Å²) in [6.07, 6.45) is 2.05. The molecule has 1 amide bonds. The molecular formula is C19H25N5O4S. The number of H-pyrrole nitrogens is 1. The highest BCUT2D eigenvalue weighted by atomic mass is 32.2. The minimum absolute atomic E-state index is 0.0961. The van der Waals surface area contributed by atoms with Crippen LogP contribution in [0.15, 0.2) is 23.1 Å². The van der Waals surface area contributed by atoms with Crippen molar-refractivity contribution in [3.8, 4) is 0 Å². The summed E-state index contributed by atoms with van der Waals surface area (Å²) in [5, 5.41) is 4.64. The van der Waals surface area contributed by atoms with Gasteiger partial charge in [-0.3, -0.25) is 14.3 Å². The van der Waals surface area contributed by atoms with Gasteiger partial charge in [0.15, 0.2) is 9.84 Å². The topological polar surface area (TPSA) is 108 Å². The second-order valence-corrected chi connectivity index (χ2v) is 9.97. The van der Waals surface area contributed by atoms with Gasteiger partial charge in [-0.1, -0.05) is 0 Å². The van der Waals surface area contributed by atoms with Gasteiger partial charge in [0.25, 0.3) is 5.91 Å². The van der Waals surface area contributed by atoms with E-state index in [1.165, 1.54) is 12.3 Å². The lowest BCUT2D eigenvalue weighted by atomic mass is 10.2. The molecule has 0 saturated carbocycles. The molecule has 4 heterocycles. The predicted molar refractivity (Wildman–Crippen MR) is 109 cm³/mol. The molecule has 29 heavy (non-hydrogen) atoms. The van der Waals surface area contributed by atoms with Gasteiger partial charge in [-0.05, 0) is 26.3 Å². The van der Waals surface area contributed by atoms with Crippen molar-refractivity contribution < 1.29 is 13.2 Å². The van der Waals surface area contributed by atoms with E-state index in [2.05, 4.69) is 15.0 Å². The Kier molecular flexibility index (Phi) is 4.97. The Morgan fingerprint density at radius 1 is 1.17 bits per heavy atom. The highest BCUT2D eigenvalue weighted by molar-refractivity contribution is 7.91. The molecular weight excluding hydrogens is 394 g/mol. The minimum atomic E-state index is -2.98. The lowest BCUT2D eigenvalue weighted by Crippen LogP contribution is -2.49. The minimum Gasteiger partial charge on any atom is -0.365 e. The molecule has 0 radical (unpaired) electrons. The smallest absolute Gasteiger partial charge is 0.255 e. The Labute approximate surface area is 169 Å². The molecule has 156 valence electrons. The number of aromatic nitrogens is 3. The van der Waals surface area contributed by atoms with E-state index in [-0.39, 0.29) is 29.0 Å². The second kappa shape index (κ2) is 7.33. The van der Waals surface area contributed by atoms with Gasteiger partial charge in [0, 0.05) is 38.4 Å². The number of carbonyl (C=O) groups excluding carboxylic acids is 1. The van der Waals surface area contributed by atoms with Crippen LogP contribution in [0.3, 0.4) is 0 Å². The van der Waals surface area contributed by atoms with Crippen LogP contribution in [0.1, 0.15) is 34.2 Å². The molecule has 2 fully saturated rings. The fraction of sp³-hybridized carbons (Fsp3) is 0.526. The molecule has 2 saturated heterocycles. The van der Waals surface area contributed by atoms with Crippen molar-refractivity contribution in [3.05, 3.63) is 45.6 Å². The lowest BCUT2D eigenvalue weighted by molar-refractivity contribution is 0.0746. The molecule has 9 nitrogen and oxygen atoms in total. The first-order chi connectivity index (χ1) is 13.7. The highest BCUT2D eigenvalue weighted by Crippen LogP contribution is 2.31. The van der Waals surface area contributed by atoms with Gasteiger partial charge >= 0.3 is 0 Å². The van der Waals surface area contributed by atoms with Crippen LogP contribution in [0.2, 0.25) is 0 Å². The molecule has 0 bridgehead atoms. The van der Waals surface area contributed by atoms with Crippen molar-refractivity contribution in [3.63, 3.8) is 0 Å². The molecule has 0 aromatic carbocycles. The zero-order valence-corrected chi connectivity index (χ0v) is 17.4. The summed E-state index contributed by atoms with van der Waals surface area (Å²) in [5.74, 6) is 0.272. The molecule has 1 unspecified atom stereocenters. The summed E-state index contributed by atoms with van der Waals surface area (Å²) >= 11 is 0. The molecule has 1 atom stereocenters. The summed E-state index contributed by atoms with van der Waals surface area (Å²) in [5.41, 5.74) is 3.13. The zero-order valence-electron chi connectivity index (χ0n) is 16.6. The molecule has 2 aliphatic rings. The van der Waals surface area contributed by atoms with E-state index in [1.807, 2.05) is 18.5 Å². The van der Waals surface area contributed by atoms with Crippen LogP contribution in [0.5, 0.6) is 0 Å². The molecule has 2 aromatic rings. The van der Waals surface area contributed by atoms with E-state index >= 15 is 0 Å². The maximum Gasteiger partial charge on any atom is 0.255 e. The number of pyridine rings is 1. The van der Waals surface area contributed by atoms with Gasteiger partial charge in [-0.2, -0.15) is 5.10 Å². The number of nitrogens with one attached hydrogen (secondary N) is 1. The van der Waals surface area contributed by atoms with Crippen LogP contribution in [-0.2, 0) is 9.84 Å². The number of piperazine rings is 1. The van der Waals surface area contributed by atoms with E-state index in [1.54, 1.807) is 11.0 Å². The number of hydrogen-bond acceptors (Lipinski definition) is 6. The normalized spacial score (nSPS) is 21.5. The summed E-state index contributed by atoms with van der Waals surface area (Å²) in [4.78, 5) is 30.4. The summed E-state index contributed by atoms with van der Waals surface area (Å²) in [6.45, 7) is 6.41. The number of sulfone groups is 1. The van der Waals surface area contributed by atoms with Crippen molar-refractivity contribution in [1.82, 2.24) is 19.7 Å². The molecule has 4 rings (SSSR count). The number of nitrogens with zero attached hydrogens (tertiary/aromatic N) is 4. The fourth-order valence-corrected chi connectivity index (χ4v) is 5.99. The van der Waals surface area contributed by atoms with Crippen molar-refractivity contribution in [2.45, 2.75) is 26.3 Å². The molecule has 10 heteroatoms. The summed E-state index contributed by atoms with van der Waals surface area (Å²) in [7, 11) is -2.98. The number of carbonyl (C=O) groups is 1. The van der Waals surface area contributed by atoms with Crippen LogP contribution in [0, 0.1) is 13.8 Å². The third-order valence-corrected chi connectivity index (χ3v) is 7.51. The van der Waals surface area contributed by atoms with Crippen molar-refractivity contribution >= 4 is 21.4 Å². The number of aryl methyl sites for hydroxylation is 1. The maximum absolute atomic E-state index is 12.6. The average molecular weight is 420 g/mol. The first-order valence-electron chi connectivity index (χ1n) is 9.74. The number of hydrogen-bond donors (Lipinski definition) is 1. The Morgan fingerprint density at radius 2 is 1.90 bits per heavy atom. The van der Waals surface area contributed by atoms with Crippen molar-refractivity contribution in [2.24, 2.45) is 0 Å². The Bertz CT molecular complexity index is 1080. The zero-order chi connectivity index (χ0) is 20.8. The fourth-order valence-electron chi connectivity index (χ4n) is 4.30. The van der Waals surface area contributed by atoms with Gasteiger partial charge in [-0.25, -0.2) is 8.42 Å². The maximum atomic E-state index is 12.6. The molecule has 2 aromatic heterocycles. The van der Waals surface area contributed by atoms with Crippen LogP contribution < -0.4 is 10.5 Å². The van der Waals surface area contributed by atoms with Crippen molar-refractivity contribution in [2.75, 3.05) is 42.6 Å². The monoisotopic (exact) mass is 419 g/mol. The quantitative estimate of drug-likeness (QED) is 0.777. The largest absolute Gasteiger partial charge is 0.365 e. The van der Waals surface area contributed by atoms with E-state index in [9.17, 15) is 18.0 Å². The van der Waals surface area contributed by atoms with Crippen molar-refractivity contribution in [1.29, 1.82) is 0 Å². The van der Waals surface area contributed by atoms with Gasteiger partial charge < -0.3 is 14.8 Å². The van der Waals surface area contributed by atoms with Crippen LogP contribution in [0.4, 0.5) is 5.69 Å². The van der Waals surface area contributed by atoms with Gasteiger partial charge in [-0.15, -0.1) is 0 Å². The second-order valence-electron chi connectivity index (χ2n) is 7.74. The third kappa shape index (κ3) is 3.81. The number of amides is 1. The Balaban J connectivity index is 1.47. The van der Waals surface area contributed by atoms with Crippen LogP contribution >= 0.6 is 0 Å². The lowest BCUT2D eigenvalue weighted by Gasteiger charge is -2.36. The number of anilines is 1. The van der Waals surface area contributed by atoms with E-state index in [4.69, 9.17) is 0 Å². The van der Waals surface area contributed by atoms with Crippen LogP contribution in [0.25, 0.3) is 0 Å². The third-order valence-electron chi connectivity index (χ3n) is 5.76. The Hall–Kier alpha value is -2.62. The predicted octanol–water partition coefficient (Wildman–Crippen LogP) is 0.510. The molecule has 0 spiro atoms. The number of rotatable bonds is 3. The first kappa shape index (κ1) is 19.7. The van der Waals surface area contributed by atoms with Crippen LogP contribution in [-0.4, -0.2) is 71.7 Å². The van der Waals surface area contributed by atoms with E-state index < -0.39 is 9.84 Å². The van der Waals surface area contributed by atoms with Gasteiger partial charge in [0.2, 0.25) is 5.56 Å².